The van der Waals surface area contributed by atoms with Crippen molar-refractivity contribution in [3.8, 4) is 0 Å². The van der Waals surface area contributed by atoms with Crippen molar-refractivity contribution >= 4 is 38.0 Å². The number of hydrogen-bond donors (Lipinski definition) is 1. The Kier molecular flexibility index (Phi) is 4.50. The van der Waals surface area contributed by atoms with E-state index in [1.54, 1.807) is 12.3 Å². The third kappa shape index (κ3) is 3.54. The molecule has 1 N–H and O–H groups in total. The lowest BCUT2D eigenvalue weighted by Crippen LogP contribution is -2.28. The minimum absolute atomic E-state index is 0.0713. The lowest BCUT2D eigenvalue weighted by atomic mass is 10.2. The maximum Gasteiger partial charge on any atom is 0.265 e. The summed E-state index contributed by atoms with van der Waals surface area (Å²) < 4.78 is 28.1. The number of aromatic nitrogens is 5. The highest BCUT2D eigenvalue weighted by atomic mass is 32.2. The fourth-order valence-corrected chi connectivity index (χ4v) is 4.11. The van der Waals surface area contributed by atoms with Crippen LogP contribution in [0.2, 0.25) is 0 Å². The summed E-state index contributed by atoms with van der Waals surface area (Å²) in [6, 6.07) is 6.94. The average Bonchev–Trinajstić information content (AvgIpc) is 2.96. The topological polar surface area (TPSA) is 120 Å². The molecule has 0 saturated carbocycles. The molecule has 1 amide bonds. The van der Waals surface area contributed by atoms with Crippen molar-refractivity contribution in [3.05, 3.63) is 53.9 Å². The zero-order valence-electron chi connectivity index (χ0n) is 16.0. The highest BCUT2D eigenvalue weighted by molar-refractivity contribution is 7.90. The second kappa shape index (κ2) is 6.89. The predicted molar refractivity (Wildman–Crippen MR) is 107 cm³/mol. The molecule has 148 valence electrons. The molecule has 0 spiro atoms. The maximum atomic E-state index is 12.1. The molecule has 0 aliphatic heterocycles. The van der Waals surface area contributed by atoms with E-state index in [2.05, 4.69) is 19.9 Å². The van der Waals surface area contributed by atoms with Gasteiger partial charge in [0, 0.05) is 24.2 Å². The van der Waals surface area contributed by atoms with Gasteiger partial charge in [0.25, 0.3) is 10.0 Å². The molecule has 29 heavy (non-hydrogen) atoms. The molecule has 0 saturated heterocycles. The Hall–Kier alpha value is -3.40. The number of carbonyl (C=O) groups excluding carboxylic acids is 1. The summed E-state index contributed by atoms with van der Waals surface area (Å²) in [4.78, 5) is 28.7. The number of imidazole rings is 1. The first-order valence-corrected chi connectivity index (χ1v) is 10.3. The van der Waals surface area contributed by atoms with E-state index >= 15 is 0 Å². The number of pyridine rings is 3. The van der Waals surface area contributed by atoms with Crippen LogP contribution in [0.25, 0.3) is 22.1 Å². The number of hydrogen-bond acceptors (Lipinski definition) is 7. The van der Waals surface area contributed by atoms with Crippen LogP contribution in [0.1, 0.15) is 24.1 Å². The molecule has 0 radical (unpaired) electrons. The Morgan fingerprint density at radius 3 is 2.55 bits per heavy atom. The second-order valence-corrected chi connectivity index (χ2v) is 8.39. The van der Waals surface area contributed by atoms with Gasteiger partial charge in [-0.15, -0.1) is 0 Å². The van der Waals surface area contributed by atoms with Gasteiger partial charge in [-0.1, -0.05) is 0 Å². The van der Waals surface area contributed by atoms with Crippen molar-refractivity contribution in [1.29, 1.82) is 0 Å². The van der Waals surface area contributed by atoms with Crippen molar-refractivity contribution in [1.82, 2.24) is 29.2 Å². The second-order valence-electron chi connectivity index (χ2n) is 6.71. The van der Waals surface area contributed by atoms with Crippen LogP contribution in [0.15, 0.2) is 41.6 Å². The van der Waals surface area contributed by atoms with E-state index in [1.165, 1.54) is 12.3 Å². The van der Waals surface area contributed by atoms with E-state index in [9.17, 15) is 13.2 Å². The standard InChI is InChI=1S/C19H18N6O3S/c1-11-4-7-16-18-17(9-21-19(16)22-11)23-12(2)25(18)10-14-5-6-15(8-20-14)29(27,28)24-13(3)26/h4-9H,10H2,1-3H3,(H,24,26). The van der Waals surface area contributed by atoms with Gasteiger partial charge in [0.2, 0.25) is 5.91 Å². The van der Waals surface area contributed by atoms with Gasteiger partial charge in [0.1, 0.15) is 16.2 Å². The number of nitrogens with zero attached hydrogens (tertiary/aromatic N) is 5. The van der Waals surface area contributed by atoms with Crippen LogP contribution in [0.4, 0.5) is 0 Å². The molecular formula is C19H18N6O3S. The van der Waals surface area contributed by atoms with E-state index in [-0.39, 0.29) is 4.90 Å². The highest BCUT2D eigenvalue weighted by Gasteiger charge is 2.17. The number of rotatable bonds is 4. The predicted octanol–water partition coefficient (Wildman–Crippen LogP) is 1.86. The van der Waals surface area contributed by atoms with E-state index < -0.39 is 15.9 Å². The summed E-state index contributed by atoms with van der Waals surface area (Å²) in [5, 5.41) is 0.888. The van der Waals surface area contributed by atoms with Crippen LogP contribution in [0, 0.1) is 13.8 Å². The van der Waals surface area contributed by atoms with Crippen LogP contribution in [0.3, 0.4) is 0 Å². The van der Waals surface area contributed by atoms with Crippen molar-refractivity contribution < 1.29 is 13.2 Å². The van der Waals surface area contributed by atoms with Crippen molar-refractivity contribution in [2.75, 3.05) is 0 Å². The molecule has 4 rings (SSSR count). The number of aryl methyl sites for hydroxylation is 2. The fraction of sp³-hybridized carbons (Fsp3) is 0.211. The van der Waals surface area contributed by atoms with Crippen LogP contribution in [0.5, 0.6) is 0 Å². The Labute approximate surface area is 166 Å². The first-order chi connectivity index (χ1) is 13.7. The number of carbonyl (C=O) groups is 1. The lowest BCUT2D eigenvalue weighted by Gasteiger charge is -2.09. The largest absolute Gasteiger partial charge is 0.321 e. The molecule has 4 heterocycles. The Morgan fingerprint density at radius 1 is 1.07 bits per heavy atom. The van der Waals surface area contributed by atoms with Gasteiger partial charge in [0.15, 0.2) is 5.65 Å². The zero-order chi connectivity index (χ0) is 20.8. The molecule has 0 atom stereocenters. The molecular weight excluding hydrogens is 392 g/mol. The van der Waals surface area contributed by atoms with Gasteiger partial charge >= 0.3 is 0 Å². The minimum atomic E-state index is -3.91. The third-order valence-corrected chi connectivity index (χ3v) is 5.89. The van der Waals surface area contributed by atoms with Crippen molar-refractivity contribution in [3.63, 3.8) is 0 Å². The molecule has 0 unspecified atom stereocenters. The number of fused-ring (bicyclic) bond motifs is 3. The highest BCUT2D eigenvalue weighted by Crippen LogP contribution is 2.24. The summed E-state index contributed by atoms with van der Waals surface area (Å²) in [6.07, 6.45) is 2.93. The summed E-state index contributed by atoms with van der Waals surface area (Å²) >= 11 is 0. The summed E-state index contributed by atoms with van der Waals surface area (Å²) in [7, 11) is -3.91. The lowest BCUT2D eigenvalue weighted by molar-refractivity contribution is -0.117. The van der Waals surface area contributed by atoms with Crippen LogP contribution in [-0.4, -0.2) is 38.8 Å². The van der Waals surface area contributed by atoms with E-state index in [0.29, 0.717) is 17.9 Å². The molecule has 0 fully saturated rings. The number of amides is 1. The smallest absolute Gasteiger partial charge is 0.265 e. The average molecular weight is 410 g/mol. The van der Waals surface area contributed by atoms with Gasteiger partial charge in [-0.3, -0.25) is 9.78 Å². The zero-order valence-corrected chi connectivity index (χ0v) is 16.9. The summed E-state index contributed by atoms with van der Waals surface area (Å²) in [6.45, 7) is 5.34. The normalized spacial score (nSPS) is 11.8. The fourth-order valence-electron chi connectivity index (χ4n) is 3.18. The SMILES string of the molecule is CC(=O)NS(=O)(=O)c1ccc(Cn2c(C)nc3cnc4nc(C)ccc4c32)nc1. The van der Waals surface area contributed by atoms with Gasteiger partial charge in [-0.25, -0.2) is 28.1 Å². The third-order valence-electron chi connectivity index (χ3n) is 4.47. The molecule has 0 bridgehead atoms. The van der Waals surface area contributed by atoms with Gasteiger partial charge in [-0.05, 0) is 38.1 Å². The first-order valence-electron chi connectivity index (χ1n) is 8.82. The monoisotopic (exact) mass is 410 g/mol. The number of sulfonamides is 1. The minimum Gasteiger partial charge on any atom is -0.321 e. The maximum absolute atomic E-state index is 12.1. The van der Waals surface area contributed by atoms with Crippen molar-refractivity contribution in [2.45, 2.75) is 32.2 Å². The molecule has 0 aliphatic rings. The van der Waals surface area contributed by atoms with Crippen LogP contribution >= 0.6 is 0 Å². The molecule has 0 aromatic carbocycles. The first kappa shape index (κ1) is 18.9. The quantitative estimate of drug-likeness (QED) is 0.545. The summed E-state index contributed by atoms with van der Waals surface area (Å²) in [5.74, 6) is 0.130. The Bertz CT molecular complexity index is 1360. The van der Waals surface area contributed by atoms with Gasteiger partial charge in [-0.2, -0.15) is 0 Å². The van der Waals surface area contributed by atoms with E-state index in [0.717, 1.165) is 34.9 Å². The van der Waals surface area contributed by atoms with Crippen molar-refractivity contribution in [2.24, 2.45) is 0 Å². The molecule has 4 aromatic heterocycles. The van der Waals surface area contributed by atoms with E-state index in [1.807, 2.05) is 35.3 Å². The Morgan fingerprint density at radius 2 is 1.86 bits per heavy atom. The molecule has 0 aliphatic carbocycles. The molecule has 9 nitrogen and oxygen atoms in total. The number of nitrogens with one attached hydrogen (secondary N) is 1. The van der Waals surface area contributed by atoms with Crippen LogP contribution in [-0.2, 0) is 21.4 Å². The van der Waals surface area contributed by atoms with Crippen LogP contribution < -0.4 is 4.72 Å². The Balaban J connectivity index is 1.75. The molecule has 4 aromatic rings. The van der Waals surface area contributed by atoms with E-state index in [4.69, 9.17) is 0 Å². The molecule has 10 heteroatoms. The van der Waals surface area contributed by atoms with Gasteiger partial charge in [0.05, 0.1) is 24.0 Å². The van der Waals surface area contributed by atoms with Gasteiger partial charge < -0.3 is 4.57 Å². The summed E-state index contributed by atoms with van der Waals surface area (Å²) in [5.41, 5.74) is 3.83.